The molecule has 2 saturated heterocycles. The van der Waals surface area contributed by atoms with Crippen molar-refractivity contribution in [3.8, 4) is 0 Å². The van der Waals surface area contributed by atoms with Gasteiger partial charge in [-0.15, -0.1) is 0 Å². The van der Waals surface area contributed by atoms with E-state index >= 15 is 0 Å². The number of guanidine groups is 1. The van der Waals surface area contributed by atoms with E-state index in [9.17, 15) is 18.0 Å². The minimum Gasteiger partial charge on any atom is -0.469 e. The summed E-state index contributed by atoms with van der Waals surface area (Å²) in [5.41, 5.74) is 0. The Morgan fingerprint density at radius 2 is 2.04 bits per heavy atom. The van der Waals surface area contributed by atoms with Crippen LogP contribution in [-0.4, -0.2) is 80.8 Å². The number of alkyl halides is 3. The maximum absolute atomic E-state index is 12.5. The fraction of sp³-hybridized carbons (Fsp3) is 0.882. The lowest BCUT2D eigenvalue weighted by Gasteiger charge is -2.22. The van der Waals surface area contributed by atoms with E-state index in [0.29, 0.717) is 39.3 Å². The first-order valence-electron chi connectivity index (χ1n) is 9.13. The van der Waals surface area contributed by atoms with Crippen LogP contribution in [0.5, 0.6) is 0 Å². The van der Waals surface area contributed by atoms with Crippen LogP contribution in [0.4, 0.5) is 13.2 Å². The molecule has 2 fully saturated rings. The summed E-state index contributed by atoms with van der Waals surface area (Å²) in [6.45, 7) is 6.44. The molecule has 0 bridgehead atoms. The van der Waals surface area contributed by atoms with Gasteiger partial charge in [0.2, 0.25) is 0 Å². The van der Waals surface area contributed by atoms with Crippen LogP contribution in [0, 0.1) is 17.8 Å². The lowest BCUT2D eigenvalue weighted by atomic mass is 9.99. The van der Waals surface area contributed by atoms with E-state index in [1.54, 1.807) is 0 Å². The van der Waals surface area contributed by atoms with Crippen molar-refractivity contribution >= 4 is 11.9 Å². The molecular formula is C17H29F3N4O2. The van der Waals surface area contributed by atoms with Gasteiger partial charge in [0.1, 0.15) is 0 Å². The van der Waals surface area contributed by atoms with Crippen molar-refractivity contribution in [2.45, 2.75) is 26.4 Å². The predicted molar refractivity (Wildman–Crippen MR) is 92.8 cm³/mol. The molecule has 2 aliphatic heterocycles. The molecule has 3 atom stereocenters. The molecule has 2 aliphatic rings. The van der Waals surface area contributed by atoms with Crippen LogP contribution >= 0.6 is 0 Å². The second-order valence-corrected chi connectivity index (χ2v) is 7.21. The number of halogens is 3. The van der Waals surface area contributed by atoms with Crippen LogP contribution in [-0.2, 0) is 9.53 Å². The monoisotopic (exact) mass is 378 g/mol. The van der Waals surface area contributed by atoms with Crippen molar-refractivity contribution in [3.05, 3.63) is 0 Å². The average Bonchev–Trinajstić information content (AvgIpc) is 3.15. The lowest BCUT2D eigenvalue weighted by molar-refractivity contribution is -0.146. The van der Waals surface area contributed by atoms with Crippen molar-refractivity contribution in [3.63, 3.8) is 0 Å². The first kappa shape index (κ1) is 20.8. The number of rotatable bonds is 5. The van der Waals surface area contributed by atoms with Gasteiger partial charge >= 0.3 is 12.1 Å². The van der Waals surface area contributed by atoms with Crippen molar-refractivity contribution < 1.29 is 22.7 Å². The van der Waals surface area contributed by atoms with Gasteiger partial charge in [0.15, 0.2) is 5.96 Å². The van der Waals surface area contributed by atoms with Gasteiger partial charge in [0.25, 0.3) is 0 Å². The molecule has 150 valence electrons. The zero-order valence-corrected chi connectivity index (χ0v) is 15.7. The summed E-state index contributed by atoms with van der Waals surface area (Å²) < 4.78 is 42.4. The zero-order chi connectivity index (χ0) is 19.3. The number of hydrogen-bond acceptors (Lipinski definition) is 4. The standard InChI is InChI=1S/C17H29F3N4O2/c1-4-21-16(24-8-12(2)14(10-24)15(25)26-3)22-7-13-5-6-23(9-13)11-17(18,19)20/h12-14H,4-11H2,1-3H3,(H,21,22). The number of hydrogen-bond donors (Lipinski definition) is 1. The van der Waals surface area contributed by atoms with Crippen molar-refractivity contribution in [2.75, 3.05) is 52.9 Å². The van der Waals surface area contributed by atoms with Gasteiger partial charge in [-0.3, -0.25) is 14.7 Å². The van der Waals surface area contributed by atoms with Gasteiger partial charge in [-0.25, -0.2) is 0 Å². The minimum absolute atomic E-state index is 0.127. The van der Waals surface area contributed by atoms with Gasteiger partial charge in [0, 0.05) is 32.7 Å². The SMILES string of the molecule is CCNC(=NCC1CCN(CC(F)(F)F)C1)N1CC(C)C(C(=O)OC)C1. The summed E-state index contributed by atoms with van der Waals surface area (Å²) in [4.78, 5) is 20.0. The second kappa shape index (κ2) is 8.92. The smallest absolute Gasteiger partial charge is 0.401 e. The second-order valence-electron chi connectivity index (χ2n) is 7.21. The van der Waals surface area contributed by atoms with E-state index in [4.69, 9.17) is 4.74 Å². The summed E-state index contributed by atoms with van der Waals surface area (Å²) in [5, 5.41) is 3.23. The lowest BCUT2D eigenvalue weighted by Crippen LogP contribution is -2.41. The fourth-order valence-corrected chi connectivity index (χ4v) is 3.70. The Morgan fingerprint density at radius 3 is 2.65 bits per heavy atom. The average molecular weight is 378 g/mol. The largest absolute Gasteiger partial charge is 0.469 e. The van der Waals surface area contributed by atoms with E-state index in [-0.39, 0.29) is 23.7 Å². The highest BCUT2D eigenvalue weighted by molar-refractivity contribution is 5.82. The van der Waals surface area contributed by atoms with E-state index in [1.165, 1.54) is 12.0 Å². The predicted octanol–water partition coefficient (Wildman–Crippen LogP) is 1.58. The Bertz CT molecular complexity index is 513. The van der Waals surface area contributed by atoms with Gasteiger partial charge in [-0.2, -0.15) is 13.2 Å². The molecule has 0 aromatic heterocycles. The molecule has 0 spiro atoms. The van der Waals surface area contributed by atoms with Crippen LogP contribution in [0.15, 0.2) is 4.99 Å². The quantitative estimate of drug-likeness (QED) is 0.447. The molecule has 2 rings (SSSR count). The number of carbonyl (C=O) groups is 1. The first-order valence-corrected chi connectivity index (χ1v) is 9.13. The Balaban J connectivity index is 1.92. The van der Waals surface area contributed by atoms with Crippen LogP contribution < -0.4 is 5.32 Å². The Kier molecular flexibility index (Phi) is 7.14. The Labute approximate surface area is 152 Å². The number of nitrogens with one attached hydrogen (secondary N) is 1. The Morgan fingerprint density at radius 1 is 1.31 bits per heavy atom. The summed E-state index contributed by atoms with van der Waals surface area (Å²) in [7, 11) is 1.39. The number of nitrogens with zero attached hydrogens (tertiary/aromatic N) is 3. The molecule has 1 N–H and O–H groups in total. The molecule has 2 heterocycles. The highest BCUT2D eigenvalue weighted by atomic mass is 19.4. The van der Waals surface area contributed by atoms with Gasteiger partial charge in [0.05, 0.1) is 19.6 Å². The first-order chi connectivity index (χ1) is 12.2. The van der Waals surface area contributed by atoms with Crippen molar-refractivity contribution in [1.82, 2.24) is 15.1 Å². The normalized spacial score (nSPS) is 27.8. The van der Waals surface area contributed by atoms with E-state index in [0.717, 1.165) is 12.4 Å². The summed E-state index contributed by atoms with van der Waals surface area (Å²) in [5.74, 6) is 0.620. The summed E-state index contributed by atoms with van der Waals surface area (Å²) in [6, 6.07) is 0. The molecule has 6 nitrogen and oxygen atoms in total. The van der Waals surface area contributed by atoms with Crippen LogP contribution in [0.3, 0.4) is 0 Å². The highest BCUT2D eigenvalue weighted by Gasteiger charge is 2.37. The number of likely N-dealkylation sites (tertiary alicyclic amines) is 2. The van der Waals surface area contributed by atoms with Gasteiger partial charge < -0.3 is 15.0 Å². The number of ether oxygens (including phenoxy) is 1. The fourth-order valence-electron chi connectivity index (χ4n) is 3.70. The molecule has 0 aromatic rings. The van der Waals surface area contributed by atoms with Crippen LogP contribution in [0.25, 0.3) is 0 Å². The minimum atomic E-state index is -4.15. The highest BCUT2D eigenvalue weighted by Crippen LogP contribution is 2.25. The molecular weight excluding hydrogens is 349 g/mol. The van der Waals surface area contributed by atoms with Gasteiger partial charge in [-0.1, -0.05) is 6.92 Å². The molecule has 9 heteroatoms. The number of esters is 1. The topological polar surface area (TPSA) is 57.2 Å². The molecule has 0 radical (unpaired) electrons. The van der Waals surface area contributed by atoms with Crippen molar-refractivity contribution in [1.29, 1.82) is 0 Å². The number of methoxy groups -OCH3 is 1. The van der Waals surface area contributed by atoms with E-state index < -0.39 is 12.7 Å². The molecule has 3 unspecified atom stereocenters. The maximum atomic E-state index is 12.5. The third kappa shape index (κ3) is 5.75. The zero-order valence-electron chi connectivity index (χ0n) is 15.7. The van der Waals surface area contributed by atoms with Gasteiger partial charge in [-0.05, 0) is 31.7 Å². The van der Waals surface area contributed by atoms with Crippen LogP contribution in [0.1, 0.15) is 20.3 Å². The third-order valence-electron chi connectivity index (χ3n) is 5.02. The molecule has 0 amide bonds. The molecule has 26 heavy (non-hydrogen) atoms. The molecule has 0 saturated carbocycles. The van der Waals surface area contributed by atoms with Crippen molar-refractivity contribution in [2.24, 2.45) is 22.7 Å². The Hall–Kier alpha value is -1.51. The molecule has 0 aromatic carbocycles. The summed E-state index contributed by atoms with van der Waals surface area (Å²) in [6.07, 6.45) is -3.43. The number of aliphatic imine (C=N–C) groups is 1. The van der Waals surface area contributed by atoms with E-state index in [2.05, 4.69) is 10.3 Å². The third-order valence-corrected chi connectivity index (χ3v) is 5.02. The molecule has 0 aliphatic carbocycles. The summed E-state index contributed by atoms with van der Waals surface area (Å²) >= 11 is 0. The number of carbonyl (C=O) groups excluding carboxylic acids is 1. The van der Waals surface area contributed by atoms with Crippen LogP contribution in [0.2, 0.25) is 0 Å². The van der Waals surface area contributed by atoms with E-state index in [1.807, 2.05) is 18.7 Å². The maximum Gasteiger partial charge on any atom is 0.401 e.